The Morgan fingerprint density at radius 2 is 1.73 bits per heavy atom. The number of hydrogen-bond donors (Lipinski definition) is 3. The Labute approximate surface area is 156 Å². The number of nitrogens with one attached hydrogen (secondary N) is 3. The lowest BCUT2D eigenvalue weighted by Crippen LogP contribution is -2.07. The molecular weight excluding hydrogens is 350 g/mol. The molecule has 0 atom stereocenters. The normalized spacial score (nSPS) is 10.0. The third-order valence-corrected chi connectivity index (χ3v) is 3.63. The molecule has 130 valence electrons. The van der Waals surface area contributed by atoms with Crippen LogP contribution in [0.5, 0.6) is 0 Å². The quantitative estimate of drug-likeness (QED) is 0.550. The highest BCUT2D eigenvalue weighted by atomic mass is 35.5. The van der Waals surface area contributed by atoms with Crippen LogP contribution in [0.2, 0.25) is 5.02 Å². The molecule has 0 fully saturated rings. The van der Waals surface area contributed by atoms with E-state index in [4.69, 9.17) is 11.6 Å². The number of carbonyl (C=O) groups is 1. The van der Waals surface area contributed by atoms with Crippen LogP contribution in [-0.2, 0) is 4.79 Å². The second-order valence-electron chi connectivity index (χ2n) is 5.28. The molecule has 7 heteroatoms. The molecule has 1 aromatic heterocycles. The van der Waals surface area contributed by atoms with E-state index >= 15 is 0 Å². The van der Waals surface area contributed by atoms with E-state index in [-0.39, 0.29) is 5.91 Å². The van der Waals surface area contributed by atoms with E-state index in [2.05, 4.69) is 32.5 Å². The van der Waals surface area contributed by atoms with Gasteiger partial charge in [0.05, 0.1) is 6.20 Å². The molecular formula is C19H16ClN5O. The first-order chi connectivity index (χ1) is 12.6. The van der Waals surface area contributed by atoms with Gasteiger partial charge >= 0.3 is 0 Å². The van der Waals surface area contributed by atoms with Crippen LogP contribution in [0.3, 0.4) is 0 Å². The van der Waals surface area contributed by atoms with Crippen LogP contribution < -0.4 is 16.0 Å². The predicted molar refractivity (Wildman–Crippen MR) is 105 cm³/mol. The molecule has 3 rings (SSSR count). The summed E-state index contributed by atoms with van der Waals surface area (Å²) in [5.41, 5.74) is 2.22. The zero-order valence-electron chi connectivity index (χ0n) is 13.7. The Morgan fingerprint density at radius 3 is 2.50 bits per heavy atom. The summed E-state index contributed by atoms with van der Waals surface area (Å²) in [5, 5.41) is 9.32. The first kappa shape index (κ1) is 17.4. The van der Waals surface area contributed by atoms with Gasteiger partial charge in [-0.3, -0.25) is 4.79 Å². The highest BCUT2D eigenvalue weighted by Crippen LogP contribution is 2.26. The molecule has 26 heavy (non-hydrogen) atoms. The molecule has 0 bridgehead atoms. The molecule has 3 N–H and O–H groups in total. The molecule has 0 spiro atoms. The molecule has 0 aliphatic heterocycles. The van der Waals surface area contributed by atoms with E-state index < -0.39 is 0 Å². The summed E-state index contributed by atoms with van der Waals surface area (Å²) in [6.07, 6.45) is 2.73. The van der Waals surface area contributed by atoms with E-state index in [0.29, 0.717) is 22.5 Å². The monoisotopic (exact) mass is 365 g/mol. The van der Waals surface area contributed by atoms with Crippen LogP contribution in [0, 0.1) is 0 Å². The maximum Gasteiger partial charge on any atom is 0.247 e. The Morgan fingerprint density at radius 1 is 1.00 bits per heavy atom. The van der Waals surface area contributed by atoms with Crippen LogP contribution in [0.25, 0.3) is 0 Å². The van der Waals surface area contributed by atoms with Crippen molar-refractivity contribution in [2.45, 2.75) is 0 Å². The number of rotatable bonds is 6. The van der Waals surface area contributed by atoms with Crippen LogP contribution in [-0.4, -0.2) is 15.9 Å². The molecule has 0 radical (unpaired) electrons. The fourth-order valence-corrected chi connectivity index (χ4v) is 2.31. The van der Waals surface area contributed by atoms with Gasteiger partial charge in [-0.05, 0) is 36.4 Å². The summed E-state index contributed by atoms with van der Waals surface area (Å²) in [7, 11) is 0. The zero-order valence-corrected chi connectivity index (χ0v) is 14.5. The summed E-state index contributed by atoms with van der Waals surface area (Å²) in [6, 6.07) is 16.8. The SMILES string of the molecule is C=CC(=O)Nc1cccc(Nc2nc(Nc3ccccc3)ncc2Cl)c1. The van der Waals surface area contributed by atoms with Gasteiger partial charge in [0.25, 0.3) is 0 Å². The summed E-state index contributed by atoms with van der Waals surface area (Å²) < 4.78 is 0. The fourth-order valence-electron chi connectivity index (χ4n) is 2.17. The number of para-hydroxylation sites is 1. The molecule has 0 saturated heterocycles. The van der Waals surface area contributed by atoms with Gasteiger partial charge in [-0.25, -0.2) is 4.98 Å². The van der Waals surface area contributed by atoms with E-state index in [1.54, 1.807) is 18.2 Å². The first-order valence-electron chi connectivity index (χ1n) is 7.79. The van der Waals surface area contributed by atoms with Crippen molar-refractivity contribution in [2.24, 2.45) is 0 Å². The maximum atomic E-state index is 11.4. The number of aromatic nitrogens is 2. The van der Waals surface area contributed by atoms with Gasteiger partial charge in [0.2, 0.25) is 11.9 Å². The van der Waals surface area contributed by atoms with Crippen LogP contribution >= 0.6 is 11.6 Å². The minimum atomic E-state index is -0.281. The van der Waals surface area contributed by atoms with Crippen molar-refractivity contribution in [1.29, 1.82) is 0 Å². The van der Waals surface area contributed by atoms with Gasteiger partial charge in [0.15, 0.2) is 5.82 Å². The Hall–Kier alpha value is -3.38. The summed E-state index contributed by atoms with van der Waals surface area (Å²) in [5.74, 6) is 0.586. The van der Waals surface area contributed by atoms with Crippen molar-refractivity contribution >= 4 is 46.3 Å². The second kappa shape index (κ2) is 8.13. The molecule has 6 nitrogen and oxygen atoms in total. The average molecular weight is 366 g/mol. The highest BCUT2D eigenvalue weighted by Gasteiger charge is 2.07. The standard InChI is InChI=1S/C19H16ClN5O/c1-2-17(26)22-14-9-6-10-15(11-14)23-18-16(20)12-21-19(25-18)24-13-7-4-3-5-8-13/h2-12H,1H2,(H,22,26)(H2,21,23,24,25). The molecule has 0 unspecified atom stereocenters. The minimum Gasteiger partial charge on any atom is -0.339 e. The van der Waals surface area contributed by atoms with Gasteiger partial charge in [0, 0.05) is 17.1 Å². The van der Waals surface area contributed by atoms with Crippen LogP contribution in [0.15, 0.2) is 73.4 Å². The highest BCUT2D eigenvalue weighted by molar-refractivity contribution is 6.32. The Kier molecular flexibility index (Phi) is 5.46. The molecule has 1 amide bonds. The molecule has 2 aromatic carbocycles. The van der Waals surface area contributed by atoms with E-state index in [9.17, 15) is 4.79 Å². The van der Waals surface area contributed by atoms with E-state index in [1.165, 1.54) is 12.3 Å². The molecule has 1 heterocycles. The number of nitrogens with zero attached hydrogens (tertiary/aromatic N) is 2. The lowest BCUT2D eigenvalue weighted by atomic mass is 10.2. The molecule has 0 aliphatic rings. The van der Waals surface area contributed by atoms with E-state index in [1.807, 2.05) is 36.4 Å². The first-order valence-corrected chi connectivity index (χ1v) is 8.17. The fraction of sp³-hybridized carbons (Fsp3) is 0. The third kappa shape index (κ3) is 4.58. The number of anilines is 5. The van der Waals surface area contributed by atoms with Crippen molar-refractivity contribution in [3.05, 3.63) is 78.5 Å². The number of halogens is 1. The van der Waals surface area contributed by atoms with Gasteiger partial charge in [-0.1, -0.05) is 42.4 Å². The molecule has 0 aliphatic carbocycles. The van der Waals surface area contributed by atoms with Gasteiger partial charge < -0.3 is 16.0 Å². The number of hydrogen-bond acceptors (Lipinski definition) is 5. The second-order valence-corrected chi connectivity index (χ2v) is 5.69. The lowest BCUT2D eigenvalue weighted by Gasteiger charge is -2.11. The number of amides is 1. The third-order valence-electron chi connectivity index (χ3n) is 3.35. The predicted octanol–water partition coefficient (Wildman–Crippen LogP) is 4.74. The largest absolute Gasteiger partial charge is 0.339 e. The van der Waals surface area contributed by atoms with Crippen molar-refractivity contribution < 1.29 is 4.79 Å². The summed E-state index contributed by atoms with van der Waals surface area (Å²) in [4.78, 5) is 20.0. The lowest BCUT2D eigenvalue weighted by molar-refractivity contribution is -0.111. The minimum absolute atomic E-state index is 0.281. The molecule has 0 saturated carbocycles. The van der Waals surface area contributed by atoms with Crippen molar-refractivity contribution in [2.75, 3.05) is 16.0 Å². The van der Waals surface area contributed by atoms with Crippen LogP contribution in [0.1, 0.15) is 0 Å². The average Bonchev–Trinajstić information content (AvgIpc) is 2.65. The number of carbonyl (C=O) groups excluding carboxylic acids is 1. The van der Waals surface area contributed by atoms with Gasteiger partial charge in [0.1, 0.15) is 5.02 Å². The number of benzene rings is 2. The topological polar surface area (TPSA) is 78.9 Å². The van der Waals surface area contributed by atoms with Crippen molar-refractivity contribution in [3.8, 4) is 0 Å². The van der Waals surface area contributed by atoms with E-state index in [0.717, 1.165) is 11.4 Å². The van der Waals surface area contributed by atoms with Gasteiger partial charge in [-0.15, -0.1) is 0 Å². The summed E-state index contributed by atoms with van der Waals surface area (Å²) in [6.45, 7) is 3.43. The van der Waals surface area contributed by atoms with Crippen molar-refractivity contribution in [1.82, 2.24) is 9.97 Å². The smallest absolute Gasteiger partial charge is 0.247 e. The zero-order chi connectivity index (χ0) is 18.4. The van der Waals surface area contributed by atoms with Gasteiger partial charge in [-0.2, -0.15) is 4.98 Å². The summed E-state index contributed by atoms with van der Waals surface area (Å²) >= 11 is 6.20. The Balaban J connectivity index is 1.79. The molecule has 3 aromatic rings. The van der Waals surface area contributed by atoms with Crippen molar-refractivity contribution in [3.63, 3.8) is 0 Å². The Bertz CT molecular complexity index is 930. The van der Waals surface area contributed by atoms with Crippen LogP contribution in [0.4, 0.5) is 28.8 Å². The maximum absolute atomic E-state index is 11.4.